The fourth-order valence-corrected chi connectivity index (χ4v) is 2.59. The van der Waals surface area contributed by atoms with Crippen LogP contribution in [0.25, 0.3) is 0 Å². The highest BCUT2D eigenvalue weighted by molar-refractivity contribution is 5.88. The molecule has 0 unspecified atom stereocenters. The van der Waals surface area contributed by atoms with Gasteiger partial charge in [0.15, 0.2) is 0 Å². The molecular formula is C18H25N3O5. The molecule has 1 fully saturated rings. The van der Waals surface area contributed by atoms with Crippen LogP contribution >= 0.6 is 0 Å². The van der Waals surface area contributed by atoms with E-state index < -0.39 is 5.97 Å². The number of rotatable bonds is 6. The number of carbonyl (C=O) groups excluding carboxylic acids is 2. The molecule has 0 aromatic heterocycles. The summed E-state index contributed by atoms with van der Waals surface area (Å²) in [6.07, 6.45) is 1.28. The van der Waals surface area contributed by atoms with Crippen molar-refractivity contribution in [2.45, 2.75) is 6.92 Å². The fraction of sp³-hybridized carbons (Fsp3) is 0.444. The van der Waals surface area contributed by atoms with Crippen molar-refractivity contribution in [3.63, 3.8) is 0 Å². The number of piperazine rings is 1. The monoisotopic (exact) mass is 363 g/mol. The lowest BCUT2D eigenvalue weighted by Crippen LogP contribution is -2.49. The summed E-state index contributed by atoms with van der Waals surface area (Å²) in [5.74, 6) is 0.274. The number of benzene rings is 1. The molecule has 0 radical (unpaired) electrons. The highest BCUT2D eigenvalue weighted by Gasteiger charge is 2.26. The molecule has 0 saturated carbocycles. The van der Waals surface area contributed by atoms with E-state index in [-0.39, 0.29) is 6.09 Å². The SMILES string of the molecule is CCOC(=O)N1CCN(C(=CNc2cccc(OC)c2)C(=O)OC)CC1. The number of nitrogens with one attached hydrogen (secondary N) is 1. The molecule has 0 atom stereocenters. The molecule has 1 amide bonds. The zero-order valence-electron chi connectivity index (χ0n) is 15.4. The molecule has 8 nitrogen and oxygen atoms in total. The van der Waals surface area contributed by atoms with E-state index in [2.05, 4.69) is 5.32 Å². The third-order valence-corrected chi connectivity index (χ3v) is 3.99. The minimum Gasteiger partial charge on any atom is -0.497 e. The summed E-state index contributed by atoms with van der Waals surface area (Å²) in [7, 11) is 2.94. The van der Waals surface area contributed by atoms with Crippen molar-refractivity contribution in [1.29, 1.82) is 0 Å². The van der Waals surface area contributed by atoms with E-state index in [1.54, 1.807) is 25.1 Å². The van der Waals surface area contributed by atoms with Crippen molar-refractivity contribution in [2.24, 2.45) is 0 Å². The van der Waals surface area contributed by atoms with Crippen molar-refractivity contribution in [1.82, 2.24) is 9.80 Å². The van der Waals surface area contributed by atoms with E-state index in [1.807, 2.05) is 29.2 Å². The molecule has 26 heavy (non-hydrogen) atoms. The number of esters is 1. The second-order valence-electron chi connectivity index (χ2n) is 5.57. The fourth-order valence-electron chi connectivity index (χ4n) is 2.59. The first kappa shape index (κ1) is 19.4. The second kappa shape index (κ2) is 9.55. The molecule has 1 aliphatic rings. The zero-order chi connectivity index (χ0) is 18.9. The Balaban J connectivity index is 2.05. The molecule has 142 valence electrons. The predicted octanol–water partition coefficient (Wildman–Crippen LogP) is 1.90. The van der Waals surface area contributed by atoms with Crippen LogP contribution in [0.2, 0.25) is 0 Å². The summed E-state index contributed by atoms with van der Waals surface area (Å²) in [5, 5.41) is 3.10. The average molecular weight is 363 g/mol. The van der Waals surface area contributed by atoms with Gasteiger partial charge in [-0.1, -0.05) is 6.07 Å². The minimum absolute atomic E-state index is 0.328. The summed E-state index contributed by atoms with van der Waals surface area (Å²) in [4.78, 5) is 27.5. The standard InChI is InChI=1S/C18H25N3O5/c1-4-26-18(23)21-10-8-20(9-11-21)16(17(22)25-3)13-19-14-6-5-7-15(12-14)24-2/h5-7,12-13,19H,4,8-11H2,1-3H3. The summed E-state index contributed by atoms with van der Waals surface area (Å²) >= 11 is 0. The Kier molecular flexibility index (Phi) is 7.13. The molecule has 0 bridgehead atoms. The van der Waals surface area contributed by atoms with E-state index in [1.165, 1.54) is 7.11 Å². The van der Waals surface area contributed by atoms with Crippen LogP contribution in [0.15, 0.2) is 36.2 Å². The number of amides is 1. The molecule has 1 aromatic carbocycles. The van der Waals surface area contributed by atoms with Crippen LogP contribution in [-0.4, -0.2) is 68.9 Å². The molecule has 1 N–H and O–H groups in total. The van der Waals surface area contributed by atoms with Crippen molar-refractivity contribution < 1.29 is 23.8 Å². The number of carbonyl (C=O) groups is 2. The normalized spacial score (nSPS) is 14.7. The van der Waals surface area contributed by atoms with Gasteiger partial charge in [-0.2, -0.15) is 0 Å². The quantitative estimate of drug-likeness (QED) is 0.611. The van der Waals surface area contributed by atoms with Gasteiger partial charge in [-0.25, -0.2) is 9.59 Å². The van der Waals surface area contributed by atoms with Crippen LogP contribution in [0.3, 0.4) is 0 Å². The van der Waals surface area contributed by atoms with Gasteiger partial charge in [-0.15, -0.1) is 0 Å². The Morgan fingerprint density at radius 1 is 1.15 bits per heavy atom. The maximum absolute atomic E-state index is 12.2. The van der Waals surface area contributed by atoms with Gasteiger partial charge in [0, 0.05) is 44.1 Å². The molecule has 1 saturated heterocycles. The van der Waals surface area contributed by atoms with Crippen LogP contribution in [0.4, 0.5) is 10.5 Å². The van der Waals surface area contributed by atoms with Crippen LogP contribution < -0.4 is 10.1 Å². The second-order valence-corrected chi connectivity index (χ2v) is 5.57. The number of hydrogen-bond acceptors (Lipinski definition) is 7. The Morgan fingerprint density at radius 3 is 2.46 bits per heavy atom. The summed E-state index contributed by atoms with van der Waals surface area (Å²) in [6.45, 7) is 4.10. The smallest absolute Gasteiger partial charge is 0.409 e. The van der Waals surface area contributed by atoms with E-state index in [0.29, 0.717) is 44.2 Å². The number of anilines is 1. The topological polar surface area (TPSA) is 80.3 Å². The van der Waals surface area contributed by atoms with Crippen LogP contribution in [0.5, 0.6) is 5.75 Å². The van der Waals surface area contributed by atoms with Crippen molar-refractivity contribution in [3.05, 3.63) is 36.2 Å². The maximum atomic E-state index is 12.2. The van der Waals surface area contributed by atoms with Gasteiger partial charge in [0.25, 0.3) is 0 Å². The van der Waals surface area contributed by atoms with Gasteiger partial charge in [-0.3, -0.25) is 0 Å². The van der Waals surface area contributed by atoms with E-state index in [9.17, 15) is 9.59 Å². The maximum Gasteiger partial charge on any atom is 0.409 e. The van der Waals surface area contributed by atoms with Crippen LogP contribution in [-0.2, 0) is 14.3 Å². The van der Waals surface area contributed by atoms with Crippen molar-refractivity contribution in [3.8, 4) is 5.75 Å². The lowest BCUT2D eigenvalue weighted by Gasteiger charge is -2.35. The average Bonchev–Trinajstić information content (AvgIpc) is 2.68. The Morgan fingerprint density at radius 2 is 1.85 bits per heavy atom. The van der Waals surface area contributed by atoms with E-state index >= 15 is 0 Å². The lowest BCUT2D eigenvalue weighted by atomic mass is 10.2. The molecule has 8 heteroatoms. The highest BCUT2D eigenvalue weighted by Crippen LogP contribution is 2.18. The first-order valence-corrected chi connectivity index (χ1v) is 8.44. The first-order chi connectivity index (χ1) is 12.6. The summed E-state index contributed by atoms with van der Waals surface area (Å²) in [5.41, 5.74) is 1.19. The van der Waals surface area contributed by atoms with Gasteiger partial charge in [-0.05, 0) is 19.1 Å². The Labute approximate surface area is 153 Å². The Hall–Kier alpha value is -2.90. The molecule has 1 aromatic rings. The van der Waals surface area contributed by atoms with Crippen LogP contribution in [0, 0.1) is 0 Å². The lowest BCUT2D eigenvalue weighted by molar-refractivity contribution is -0.138. The third-order valence-electron chi connectivity index (χ3n) is 3.99. The third kappa shape index (κ3) is 5.05. The molecule has 1 aliphatic heterocycles. The first-order valence-electron chi connectivity index (χ1n) is 8.44. The predicted molar refractivity (Wildman–Crippen MR) is 96.9 cm³/mol. The Bertz CT molecular complexity index is 654. The minimum atomic E-state index is -0.440. The molecule has 2 rings (SSSR count). The summed E-state index contributed by atoms with van der Waals surface area (Å²) < 4.78 is 15.1. The molecule has 0 aliphatic carbocycles. The molecular weight excluding hydrogens is 338 g/mol. The largest absolute Gasteiger partial charge is 0.497 e. The number of hydrogen-bond donors (Lipinski definition) is 1. The van der Waals surface area contributed by atoms with Crippen LogP contribution in [0.1, 0.15) is 6.92 Å². The number of methoxy groups -OCH3 is 2. The summed E-state index contributed by atoms with van der Waals surface area (Å²) in [6, 6.07) is 7.38. The van der Waals surface area contributed by atoms with Gasteiger partial charge in [0.05, 0.1) is 20.8 Å². The van der Waals surface area contributed by atoms with Gasteiger partial charge >= 0.3 is 12.1 Å². The number of ether oxygens (including phenoxy) is 3. The van der Waals surface area contributed by atoms with E-state index in [0.717, 1.165) is 5.69 Å². The van der Waals surface area contributed by atoms with Crippen molar-refractivity contribution >= 4 is 17.7 Å². The van der Waals surface area contributed by atoms with Gasteiger partial charge in [0.1, 0.15) is 11.4 Å². The zero-order valence-corrected chi connectivity index (χ0v) is 15.4. The molecule has 0 spiro atoms. The van der Waals surface area contributed by atoms with Gasteiger partial charge in [0.2, 0.25) is 0 Å². The highest BCUT2D eigenvalue weighted by atomic mass is 16.6. The number of nitrogens with zero attached hydrogens (tertiary/aromatic N) is 2. The molecule has 1 heterocycles. The van der Waals surface area contributed by atoms with E-state index in [4.69, 9.17) is 14.2 Å². The van der Waals surface area contributed by atoms with Crippen molar-refractivity contribution in [2.75, 3.05) is 52.3 Å². The van der Waals surface area contributed by atoms with Gasteiger partial charge < -0.3 is 29.3 Å².